The number of carbonyl (C=O) groups is 2. The number of amides is 1. The zero-order valence-corrected chi connectivity index (χ0v) is 10.0. The second-order valence-electron chi connectivity index (χ2n) is 3.06. The summed E-state index contributed by atoms with van der Waals surface area (Å²) in [6, 6.07) is 0. The van der Waals surface area contributed by atoms with Crippen molar-refractivity contribution in [3.8, 4) is 0 Å². The molecule has 0 aliphatic rings. The fraction of sp³-hybridized carbons (Fsp3) is 0.500. The first-order valence-electron chi connectivity index (χ1n) is 4.84. The molecule has 0 fully saturated rings. The van der Waals surface area contributed by atoms with E-state index >= 15 is 0 Å². The van der Waals surface area contributed by atoms with Gasteiger partial charge in [0, 0.05) is 6.54 Å². The fourth-order valence-corrected chi connectivity index (χ4v) is 1.74. The molecule has 17 heavy (non-hydrogen) atoms. The SMILES string of the molecule is CCNC(=O)Cn1c(N)nnc1SCC(=O)O. The van der Waals surface area contributed by atoms with Gasteiger partial charge >= 0.3 is 5.97 Å². The van der Waals surface area contributed by atoms with Crippen LogP contribution in [0.15, 0.2) is 5.16 Å². The topological polar surface area (TPSA) is 123 Å². The van der Waals surface area contributed by atoms with Crippen molar-refractivity contribution in [2.45, 2.75) is 18.6 Å². The number of thioether (sulfide) groups is 1. The first-order chi connectivity index (χ1) is 8.04. The largest absolute Gasteiger partial charge is 0.481 e. The maximum absolute atomic E-state index is 11.4. The van der Waals surface area contributed by atoms with Crippen LogP contribution in [0.2, 0.25) is 0 Å². The van der Waals surface area contributed by atoms with Crippen molar-refractivity contribution in [1.82, 2.24) is 20.1 Å². The van der Waals surface area contributed by atoms with E-state index < -0.39 is 5.97 Å². The van der Waals surface area contributed by atoms with Gasteiger partial charge in [0.05, 0.1) is 5.75 Å². The lowest BCUT2D eigenvalue weighted by Gasteiger charge is -2.06. The average Bonchev–Trinajstić information content (AvgIpc) is 2.58. The third-order valence-corrected chi connectivity index (χ3v) is 2.70. The van der Waals surface area contributed by atoms with Crippen LogP contribution < -0.4 is 11.1 Å². The number of aliphatic carboxylic acids is 1. The number of nitrogens with zero attached hydrogens (tertiary/aromatic N) is 3. The Morgan fingerprint density at radius 2 is 2.24 bits per heavy atom. The lowest BCUT2D eigenvalue weighted by molar-refractivity contribution is -0.133. The van der Waals surface area contributed by atoms with E-state index in [0.29, 0.717) is 11.7 Å². The second-order valence-corrected chi connectivity index (χ2v) is 4.01. The molecule has 0 unspecified atom stereocenters. The summed E-state index contributed by atoms with van der Waals surface area (Å²) in [6.07, 6.45) is 0. The van der Waals surface area contributed by atoms with Gasteiger partial charge in [-0.1, -0.05) is 11.8 Å². The van der Waals surface area contributed by atoms with E-state index in [0.717, 1.165) is 11.8 Å². The minimum absolute atomic E-state index is 0.0192. The van der Waals surface area contributed by atoms with Crippen LogP contribution >= 0.6 is 11.8 Å². The molecule has 1 rings (SSSR count). The zero-order valence-electron chi connectivity index (χ0n) is 9.21. The Kier molecular flexibility index (Phi) is 4.76. The third kappa shape index (κ3) is 3.94. The number of aromatic nitrogens is 3. The summed E-state index contributed by atoms with van der Waals surface area (Å²) < 4.78 is 1.37. The molecule has 0 aromatic carbocycles. The maximum atomic E-state index is 11.4. The Balaban J connectivity index is 2.72. The molecule has 0 saturated carbocycles. The quantitative estimate of drug-likeness (QED) is 0.570. The molecule has 0 aliphatic carbocycles. The number of likely N-dealkylation sites (N-methyl/N-ethyl adjacent to an activating group) is 1. The zero-order chi connectivity index (χ0) is 12.8. The summed E-state index contributed by atoms with van der Waals surface area (Å²) in [5.74, 6) is -1.27. The number of hydrogen-bond acceptors (Lipinski definition) is 6. The van der Waals surface area contributed by atoms with Gasteiger partial charge in [-0.15, -0.1) is 10.2 Å². The molecule has 0 atom stereocenters. The molecular weight excluding hydrogens is 246 g/mol. The van der Waals surface area contributed by atoms with E-state index in [2.05, 4.69) is 15.5 Å². The second kappa shape index (κ2) is 6.09. The number of carboxylic acid groups (broad SMARTS) is 1. The summed E-state index contributed by atoms with van der Waals surface area (Å²) in [7, 11) is 0. The molecule has 0 spiro atoms. The predicted octanol–water partition coefficient (Wildman–Crippen LogP) is -0.827. The fourth-order valence-electron chi connectivity index (χ4n) is 1.08. The monoisotopic (exact) mass is 259 g/mol. The van der Waals surface area contributed by atoms with Crippen LogP contribution in [0.3, 0.4) is 0 Å². The Hall–Kier alpha value is -1.77. The molecule has 9 heteroatoms. The normalized spacial score (nSPS) is 10.2. The van der Waals surface area contributed by atoms with Crippen molar-refractivity contribution in [2.75, 3.05) is 18.0 Å². The highest BCUT2D eigenvalue weighted by molar-refractivity contribution is 7.99. The number of rotatable bonds is 6. The van der Waals surface area contributed by atoms with Crippen LogP contribution in [-0.4, -0.2) is 44.0 Å². The highest BCUT2D eigenvalue weighted by Crippen LogP contribution is 2.17. The number of nitrogens with two attached hydrogens (primary N) is 1. The van der Waals surface area contributed by atoms with Crippen molar-refractivity contribution >= 4 is 29.6 Å². The molecule has 0 radical (unpaired) electrons. The highest BCUT2D eigenvalue weighted by atomic mass is 32.2. The van der Waals surface area contributed by atoms with Gasteiger partial charge in [-0.3, -0.25) is 14.2 Å². The maximum Gasteiger partial charge on any atom is 0.313 e. The van der Waals surface area contributed by atoms with E-state index in [-0.39, 0.29) is 24.2 Å². The minimum atomic E-state index is -0.971. The number of carbonyl (C=O) groups excluding carboxylic acids is 1. The van der Waals surface area contributed by atoms with Gasteiger partial charge < -0.3 is 16.2 Å². The first kappa shape index (κ1) is 13.3. The van der Waals surface area contributed by atoms with Gasteiger partial charge in [0.2, 0.25) is 11.9 Å². The van der Waals surface area contributed by atoms with Gasteiger partial charge in [0.15, 0.2) is 5.16 Å². The van der Waals surface area contributed by atoms with E-state index in [1.807, 2.05) is 0 Å². The summed E-state index contributed by atoms with van der Waals surface area (Å²) in [5.41, 5.74) is 5.54. The van der Waals surface area contributed by atoms with Crippen LogP contribution in [0, 0.1) is 0 Å². The number of hydrogen-bond donors (Lipinski definition) is 3. The third-order valence-electron chi connectivity index (χ3n) is 1.75. The summed E-state index contributed by atoms with van der Waals surface area (Å²) in [5, 5.41) is 18.8. The van der Waals surface area contributed by atoms with E-state index in [4.69, 9.17) is 10.8 Å². The van der Waals surface area contributed by atoms with Gasteiger partial charge in [-0.2, -0.15) is 0 Å². The number of nitrogens with one attached hydrogen (secondary N) is 1. The summed E-state index contributed by atoms with van der Waals surface area (Å²) in [4.78, 5) is 21.8. The van der Waals surface area contributed by atoms with Crippen molar-refractivity contribution in [3.63, 3.8) is 0 Å². The Morgan fingerprint density at radius 1 is 1.53 bits per heavy atom. The lowest BCUT2D eigenvalue weighted by Crippen LogP contribution is -2.28. The van der Waals surface area contributed by atoms with E-state index in [1.165, 1.54) is 4.57 Å². The molecule has 0 aliphatic heterocycles. The van der Waals surface area contributed by atoms with Gasteiger partial charge in [0.25, 0.3) is 0 Å². The van der Waals surface area contributed by atoms with Gasteiger partial charge in [0.1, 0.15) is 6.54 Å². The van der Waals surface area contributed by atoms with E-state index in [9.17, 15) is 9.59 Å². The van der Waals surface area contributed by atoms with Crippen molar-refractivity contribution in [2.24, 2.45) is 0 Å². The van der Waals surface area contributed by atoms with Gasteiger partial charge in [-0.25, -0.2) is 0 Å². The van der Waals surface area contributed by atoms with Crippen LogP contribution in [0.5, 0.6) is 0 Å². The molecule has 94 valence electrons. The van der Waals surface area contributed by atoms with Gasteiger partial charge in [-0.05, 0) is 6.92 Å². The number of anilines is 1. The minimum Gasteiger partial charge on any atom is -0.481 e. The molecule has 0 saturated heterocycles. The smallest absolute Gasteiger partial charge is 0.313 e. The predicted molar refractivity (Wildman–Crippen MR) is 61.5 cm³/mol. The Morgan fingerprint density at radius 3 is 2.82 bits per heavy atom. The van der Waals surface area contributed by atoms with Crippen LogP contribution in [0.1, 0.15) is 6.92 Å². The van der Waals surface area contributed by atoms with Crippen molar-refractivity contribution < 1.29 is 14.7 Å². The van der Waals surface area contributed by atoms with Crippen molar-refractivity contribution in [3.05, 3.63) is 0 Å². The molecular formula is C8H13N5O3S. The molecule has 0 bridgehead atoms. The van der Waals surface area contributed by atoms with Crippen LogP contribution in [0.25, 0.3) is 0 Å². The van der Waals surface area contributed by atoms with E-state index in [1.54, 1.807) is 6.92 Å². The highest BCUT2D eigenvalue weighted by Gasteiger charge is 2.14. The molecule has 1 aromatic rings. The lowest BCUT2D eigenvalue weighted by atomic mass is 10.5. The summed E-state index contributed by atoms with van der Waals surface area (Å²) in [6.45, 7) is 2.29. The molecule has 1 heterocycles. The number of carboxylic acids is 1. The Bertz CT molecular complexity index is 419. The average molecular weight is 259 g/mol. The van der Waals surface area contributed by atoms with Crippen molar-refractivity contribution in [1.29, 1.82) is 0 Å². The van der Waals surface area contributed by atoms with Crippen LogP contribution in [-0.2, 0) is 16.1 Å². The summed E-state index contributed by atoms with van der Waals surface area (Å²) >= 11 is 0.966. The molecule has 1 aromatic heterocycles. The molecule has 4 N–H and O–H groups in total. The molecule has 8 nitrogen and oxygen atoms in total. The van der Waals surface area contributed by atoms with Crippen LogP contribution in [0.4, 0.5) is 5.95 Å². The first-order valence-corrected chi connectivity index (χ1v) is 5.83. The standard InChI is InChI=1S/C8H13N5O3S/c1-2-10-5(14)3-13-7(9)11-12-8(13)17-4-6(15)16/h2-4H2,1H3,(H2,9,11)(H,10,14)(H,15,16). The Labute approximate surface area is 102 Å². The number of nitrogen functional groups attached to an aromatic ring is 1. The molecule has 1 amide bonds.